The number of aromatic nitrogens is 1. The lowest BCUT2D eigenvalue weighted by Gasteiger charge is -2.16. The molecule has 0 N–H and O–H groups in total. The number of hydrogen-bond acceptors (Lipinski definition) is 8. The zero-order valence-electron chi connectivity index (χ0n) is 17.9. The summed E-state index contributed by atoms with van der Waals surface area (Å²) < 4.78 is 16.2. The van der Waals surface area contributed by atoms with Gasteiger partial charge in [0, 0.05) is 12.1 Å². The van der Waals surface area contributed by atoms with E-state index < -0.39 is 23.8 Å². The second-order valence-corrected chi connectivity index (χ2v) is 7.22. The Kier molecular flexibility index (Phi) is 8.87. The first kappa shape index (κ1) is 24.2. The van der Waals surface area contributed by atoms with Gasteiger partial charge in [0.25, 0.3) is 0 Å². The fourth-order valence-corrected chi connectivity index (χ4v) is 3.75. The normalized spacial score (nSPS) is 10.6. The molecule has 2 aromatic rings. The van der Waals surface area contributed by atoms with Gasteiger partial charge < -0.3 is 18.8 Å². The number of benzene rings is 1. The molecule has 1 heterocycles. The maximum Gasteiger partial charge on any atom is 0.338 e. The average molecular weight is 448 g/mol. The third-order valence-corrected chi connectivity index (χ3v) is 5.44. The van der Waals surface area contributed by atoms with Crippen molar-refractivity contribution < 1.29 is 33.4 Å². The summed E-state index contributed by atoms with van der Waals surface area (Å²) in [5.74, 6) is -3.46. The fourth-order valence-electron chi connectivity index (χ4n) is 3.14. The van der Waals surface area contributed by atoms with Crippen LogP contribution in [0.15, 0.2) is 41.4 Å². The van der Waals surface area contributed by atoms with Gasteiger partial charge in [-0.15, -0.1) is 11.8 Å². The molecule has 8 nitrogen and oxygen atoms in total. The molecule has 9 heteroatoms. The summed E-state index contributed by atoms with van der Waals surface area (Å²) in [6.07, 6.45) is 1.94. The monoisotopic (exact) mass is 447 g/mol. The van der Waals surface area contributed by atoms with Gasteiger partial charge in [0.15, 0.2) is 5.92 Å². The van der Waals surface area contributed by atoms with Crippen LogP contribution < -0.4 is 0 Å². The van der Waals surface area contributed by atoms with E-state index in [4.69, 9.17) is 14.2 Å². The van der Waals surface area contributed by atoms with E-state index in [0.717, 1.165) is 5.03 Å². The van der Waals surface area contributed by atoms with Gasteiger partial charge >= 0.3 is 17.9 Å². The van der Waals surface area contributed by atoms with E-state index in [9.17, 15) is 19.2 Å². The van der Waals surface area contributed by atoms with Crippen molar-refractivity contribution >= 4 is 35.5 Å². The first-order chi connectivity index (χ1) is 14.9. The zero-order valence-corrected chi connectivity index (χ0v) is 18.7. The van der Waals surface area contributed by atoms with Crippen LogP contribution in [0.3, 0.4) is 0 Å². The quantitative estimate of drug-likeness (QED) is 0.180. The Bertz CT molecular complexity index is 951. The number of ketones is 1. The standard InChI is InChI=1S/C22H25NO7S/c1-5-30-22(27)15-9-7-6-8-14(15)19(24)17-10-11-18(31-4)23(17)13-12-16(20(25)28-2)21(26)29-3/h6-11,16H,5,12-13H2,1-4H3. The summed E-state index contributed by atoms with van der Waals surface area (Å²) in [5.41, 5.74) is 0.717. The number of carbonyl (C=O) groups excluding carboxylic acids is 4. The molecule has 1 aromatic heterocycles. The van der Waals surface area contributed by atoms with Gasteiger partial charge in [-0.05, 0) is 37.8 Å². The van der Waals surface area contributed by atoms with Crippen molar-refractivity contribution in [3.8, 4) is 0 Å². The molecule has 0 saturated carbocycles. The number of carbonyl (C=O) groups is 4. The number of thioether (sulfide) groups is 1. The van der Waals surface area contributed by atoms with Crippen LogP contribution in [0.4, 0.5) is 0 Å². The summed E-state index contributed by atoms with van der Waals surface area (Å²) >= 11 is 1.41. The van der Waals surface area contributed by atoms with Crippen LogP contribution in [0.1, 0.15) is 39.8 Å². The van der Waals surface area contributed by atoms with Crippen LogP contribution >= 0.6 is 11.8 Å². The highest BCUT2D eigenvalue weighted by molar-refractivity contribution is 7.98. The molecule has 0 unspecified atom stereocenters. The van der Waals surface area contributed by atoms with Gasteiger partial charge in [-0.25, -0.2) is 4.79 Å². The minimum Gasteiger partial charge on any atom is -0.468 e. The molecular weight excluding hydrogens is 422 g/mol. The maximum atomic E-state index is 13.3. The molecule has 0 amide bonds. The van der Waals surface area contributed by atoms with Crippen molar-refractivity contribution in [3.63, 3.8) is 0 Å². The third-order valence-electron chi connectivity index (χ3n) is 4.66. The summed E-state index contributed by atoms with van der Waals surface area (Å²) in [4.78, 5) is 49.6. The molecule has 2 rings (SSSR count). The van der Waals surface area contributed by atoms with E-state index >= 15 is 0 Å². The molecule has 0 aliphatic carbocycles. The van der Waals surface area contributed by atoms with E-state index in [1.807, 2.05) is 6.26 Å². The van der Waals surface area contributed by atoms with Crippen molar-refractivity contribution in [1.29, 1.82) is 0 Å². The summed E-state index contributed by atoms with van der Waals surface area (Å²) in [5, 5.41) is 0.769. The van der Waals surface area contributed by atoms with Crippen molar-refractivity contribution in [3.05, 3.63) is 53.2 Å². The van der Waals surface area contributed by atoms with E-state index in [1.54, 1.807) is 47.9 Å². The number of ether oxygens (including phenoxy) is 3. The molecule has 0 fully saturated rings. The molecule has 31 heavy (non-hydrogen) atoms. The van der Waals surface area contributed by atoms with Crippen molar-refractivity contribution in [2.75, 3.05) is 27.1 Å². The predicted octanol–water partition coefficient (Wildman–Crippen LogP) is 2.97. The van der Waals surface area contributed by atoms with Gasteiger partial charge in [-0.1, -0.05) is 18.2 Å². The third kappa shape index (κ3) is 5.55. The molecule has 0 bridgehead atoms. The summed E-state index contributed by atoms with van der Waals surface area (Å²) in [6, 6.07) is 9.86. The van der Waals surface area contributed by atoms with Gasteiger partial charge in [-0.3, -0.25) is 14.4 Å². The van der Waals surface area contributed by atoms with Gasteiger partial charge in [0.1, 0.15) is 0 Å². The topological polar surface area (TPSA) is 101 Å². The Balaban J connectivity index is 2.39. The minimum absolute atomic E-state index is 0.0847. The highest BCUT2D eigenvalue weighted by atomic mass is 32.2. The number of rotatable bonds is 10. The Morgan fingerprint density at radius 3 is 2.13 bits per heavy atom. The maximum absolute atomic E-state index is 13.3. The molecule has 1 aromatic carbocycles. The first-order valence-electron chi connectivity index (χ1n) is 9.59. The zero-order chi connectivity index (χ0) is 23.0. The second-order valence-electron chi connectivity index (χ2n) is 6.40. The molecule has 0 aliphatic rings. The van der Waals surface area contributed by atoms with E-state index in [-0.39, 0.29) is 36.5 Å². The highest BCUT2D eigenvalue weighted by Gasteiger charge is 2.29. The number of nitrogens with zero attached hydrogens (tertiary/aromatic N) is 1. The van der Waals surface area contributed by atoms with E-state index in [2.05, 4.69) is 0 Å². The molecule has 0 atom stereocenters. The van der Waals surface area contributed by atoms with Crippen LogP contribution in [-0.4, -0.2) is 55.3 Å². The summed E-state index contributed by atoms with van der Waals surface area (Å²) in [7, 11) is 2.39. The average Bonchev–Trinajstić information content (AvgIpc) is 3.21. The number of hydrogen-bond donors (Lipinski definition) is 0. The van der Waals surface area contributed by atoms with E-state index in [1.165, 1.54) is 26.0 Å². The van der Waals surface area contributed by atoms with E-state index in [0.29, 0.717) is 5.69 Å². The Morgan fingerprint density at radius 2 is 1.58 bits per heavy atom. The minimum atomic E-state index is -1.11. The summed E-state index contributed by atoms with van der Waals surface area (Å²) in [6.45, 7) is 2.08. The number of esters is 3. The van der Waals surface area contributed by atoms with Gasteiger partial charge in [0.2, 0.25) is 5.78 Å². The van der Waals surface area contributed by atoms with Gasteiger partial charge in [-0.2, -0.15) is 0 Å². The van der Waals surface area contributed by atoms with Crippen molar-refractivity contribution in [2.45, 2.75) is 24.9 Å². The van der Waals surface area contributed by atoms with Crippen LogP contribution in [0, 0.1) is 5.92 Å². The Labute approximate surface area is 184 Å². The Hall–Kier alpha value is -3.07. The molecule has 0 radical (unpaired) electrons. The number of methoxy groups -OCH3 is 2. The SMILES string of the molecule is CCOC(=O)c1ccccc1C(=O)c1ccc(SC)n1CCC(C(=O)OC)C(=O)OC. The smallest absolute Gasteiger partial charge is 0.338 e. The molecular formula is C22H25NO7S. The lowest BCUT2D eigenvalue weighted by molar-refractivity contribution is -0.159. The molecule has 0 spiro atoms. The lowest BCUT2D eigenvalue weighted by Crippen LogP contribution is -2.28. The highest BCUT2D eigenvalue weighted by Crippen LogP contribution is 2.25. The Morgan fingerprint density at radius 1 is 0.968 bits per heavy atom. The molecule has 0 saturated heterocycles. The predicted molar refractivity (Wildman–Crippen MR) is 114 cm³/mol. The fraction of sp³-hybridized carbons (Fsp3) is 0.364. The second kappa shape index (κ2) is 11.4. The van der Waals surface area contributed by atoms with Crippen LogP contribution in [0.2, 0.25) is 0 Å². The van der Waals surface area contributed by atoms with Crippen molar-refractivity contribution in [2.24, 2.45) is 5.92 Å². The van der Waals surface area contributed by atoms with Crippen LogP contribution in [-0.2, 0) is 30.3 Å². The lowest BCUT2D eigenvalue weighted by atomic mass is 10.0. The van der Waals surface area contributed by atoms with Gasteiger partial charge in [0.05, 0.1) is 37.1 Å². The molecule has 166 valence electrons. The first-order valence-corrected chi connectivity index (χ1v) is 10.8. The van der Waals surface area contributed by atoms with Crippen LogP contribution in [0.5, 0.6) is 0 Å². The molecule has 0 aliphatic heterocycles. The largest absolute Gasteiger partial charge is 0.468 e. The van der Waals surface area contributed by atoms with Crippen molar-refractivity contribution in [1.82, 2.24) is 4.57 Å². The van der Waals surface area contributed by atoms with Crippen LogP contribution in [0.25, 0.3) is 0 Å².